The molecule has 206 valence electrons. The van der Waals surface area contributed by atoms with Crippen LogP contribution in [0.4, 0.5) is 17.1 Å². The van der Waals surface area contributed by atoms with Gasteiger partial charge < -0.3 is 19.7 Å². The number of nitrogens with one attached hydrogen (secondary N) is 1. The van der Waals surface area contributed by atoms with E-state index in [0.29, 0.717) is 42.4 Å². The Hall–Kier alpha value is -4.98. The minimum Gasteiger partial charge on any atom is -0.369 e. The Morgan fingerprint density at radius 3 is 2.54 bits per heavy atom. The summed E-state index contributed by atoms with van der Waals surface area (Å²) in [5.41, 5.74) is 4.20. The van der Waals surface area contributed by atoms with Gasteiger partial charge in [0.2, 0.25) is 0 Å². The SMILES string of the molecule is C=CCN(C(=O)c1ccc(N2CC3CC(C2)c2cccc(=O)n2C3)c(NC(=O)c2ccncc2)c1)c1ccccc1. The molecule has 6 rings (SSSR count). The Bertz CT molecular complexity index is 1650. The lowest BCUT2D eigenvalue weighted by atomic mass is 9.83. The molecule has 0 radical (unpaired) electrons. The number of para-hydroxylation sites is 1. The number of pyridine rings is 2. The lowest BCUT2D eigenvalue weighted by molar-refractivity contribution is 0.0987. The van der Waals surface area contributed by atoms with Crippen LogP contribution in [0.25, 0.3) is 0 Å². The second-order valence-corrected chi connectivity index (χ2v) is 10.6. The molecule has 8 nitrogen and oxygen atoms in total. The topological polar surface area (TPSA) is 87.5 Å². The molecule has 1 saturated heterocycles. The molecule has 2 aromatic carbocycles. The summed E-state index contributed by atoms with van der Waals surface area (Å²) in [5, 5.41) is 3.07. The summed E-state index contributed by atoms with van der Waals surface area (Å²) in [6.45, 7) is 6.30. The summed E-state index contributed by atoms with van der Waals surface area (Å²) < 4.78 is 1.90. The number of amides is 2. The van der Waals surface area contributed by atoms with Crippen molar-refractivity contribution >= 4 is 28.9 Å². The Balaban J connectivity index is 1.36. The largest absolute Gasteiger partial charge is 0.369 e. The van der Waals surface area contributed by atoms with Gasteiger partial charge in [0.25, 0.3) is 17.4 Å². The molecular weight excluding hydrogens is 514 g/mol. The van der Waals surface area contributed by atoms with Crippen LogP contribution in [0.5, 0.6) is 0 Å². The van der Waals surface area contributed by atoms with Gasteiger partial charge >= 0.3 is 0 Å². The highest BCUT2D eigenvalue weighted by molar-refractivity contribution is 6.10. The molecule has 2 aliphatic rings. The molecule has 2 aliphatic heterocycles. The molecule has 1 N–H and O–H groups in total. The molecule has 2 unspecified atom stereocenters. The lowest BCUT2D eigenvalue weighted by Gasteiger charge is -2.44. The van der Waals surface area contributed by atoms with Gasteiger partial charge in [0, 0.05) is 73.1 Å². The van der Waals surface area contributed by atoms with Gasteiger partial charge in [0.05, 0.1) is 11.4 Å². The summed E-state index contributed by atoms with van der Waals surface area (Å²) >= 11 is 0. The third-order valence-corrected chi connectivity index (χ3v) is 7.88. The number of piperidine rings is 1. The molecule has 4 aromatic rings. The fourth-order valence-electron chi connectivity index (χ4n) is 6.03. The van der Waals surface area contributed by atoms with Crippen molar-refractivity contribution in [3.8, 4) is 0 Å². The van der Waals surface area contributed by atoms with E-state index in [1.807, 2.05) is 59.2 Å². The van der Waals surface area contributed by atoms with Crippen molar-refractivity contribution in [3.05, 3.63) is 131 Å². The van der Waals surface area contributed by atoms with Gasteiger partial charge in [0.15, 0.2) is 0 Å². The maximum absolute atomic E-state index is 13.8. The van der Waals surface area contributed by atoms with Crippen LogP contribution >= 0.6 is 0 Å². The number of rotatable bonds is 7. The quantitative estimate of drug-likeness (QED) is 0.332. The van der Waals surface area contributed by atoms with E-state index >= 15 is 0 Å². The van der Waals surface area contributed by atoms with Crippen LogP contribution in [0, 0.1) is 5.92 Å². The number of carbonyl (C=O) groups excluding carboxylic acids is 2. The maximum atomic E-state index is 13.8. The van der Waals surface area contributed by atoms with Crippen molar-refractivity contribution in [2.45, 2.75) is 18.9 Å². The van der Waals surface area contributed by atoms with Crippen LogP contribution in [-0.4, -0.2) is 41.0 Å². The van der Waals surface area contributed by atoms with E-state index in [0.717, 1.165) is 30.0 Å². The molecule has 2 bridgehead atoms. The third-order valence-electron chi connectivity index (χ3n) is 7.88. The third kappa shape index (κ3) is 5.28. The van der Waals surface area contributed by atoms with E-state index in [9.17, 15) is 14.4 Å². The molecule has 2 atom stereocenters. The summed E-state index contributed by atoms with van der Waals surface area (Å²) in [4.78, 5) is 47.5. The number of carbonyl (C=O) groups is 2. The zero-order valence-electron chi connectivity index (χ0n) is 22.6. The first-order valence-corrected chi connectivity index (χ1v) is 13.8. The molecule has 8 heteroatoms. The smallest absolute Gasteiger partial charge is 0.258 e. The first-order valence-electron chi connectivity index (χ1n) is 13.8. The Morgan fingerprint density at radius 1 is 0.951 bits per heavy atom. The minimum absolute atomic E-state index is 0.0429. The highest BCUT2D eigenvalue weighted by atomic mass is 16.2. The van der Waals surface area contributed by atoms with Gasteiger partial charge in [-0.25, -0.2) is 0 Å². The van der Waals surface area contributed by atoms with Gasteiger partial charge in [0.1, 0.15) is 0 Å². The van der Waals surface area contributed by atoms with Crippen molar-refractivity contribution in [3.63, 3.8) is 0 Å². The normalized spacial score (nSPS) is 17.3. The predicted molar refractivity (Wildman–Crippen MR) is 161 cm³/mol. The number of hydrogen-bond donors (Lipinski definition) is 1. The molecular formula is C33H31N5O3. The fraction of sp³-hybridized carbons (Fsp3) is 0.212. The number of nitrogens with zero attached hydrogens (tertiary/aromatic N) is 4. The Kier molecular flexibility index (Phi) is 7.20. The monoisotopic (exact) mass is 545 g/mol. The average Bonchev–Trinajstić information content (AvgIpc) is 3.01. The number of fused-ring (bicyclic) bond motifs is 4. The van der Waals surface area contributed by atoms with Crippen LogP contribution in [0.3, 0.4) is 0 Å². The second kappa shape index (κ2) is 11.3. The second-order valence-electron chi connectivity index (χ2n) is 10.6. The highest BCUT2D eigenvalue weighted by Crippen LogP contribution is 2.39. The van der Waals surface area contributed by atoms with E-state index in [-0.39, 0.29) is 23.3 Å². The highest BCUT2D eigenvalue weighted by Gasteiger charge is 2.35. The number of aromatic nitrogens is 2. The number of benzene rings is 2. The predicted octanol–water partition coefficient (Wildman–Crippen LogP) is 4.95. The van der Waals surface area contributed by atoms with E-state index in [1.54, 1.807) is 47.6 Å². The van der Waals surface area contributed by atoms with Crippen molar-refractivity contribution in [1.29, 1.82) is 0 Å². The van der Waals surface area contributed by atoms with Crippen LogP contribution in [0.2, 0.25) is 0 Å². The minimum atomic E-state index is -0.279. The molecule has 0 aliphatic carbocycles. The summed E-state index contributed by atoms with van der Waals surface area (Å²) in [7, 11) is 0. The lowest BCUT2D eigenvalue weighted by Crippen LogP contribution is -2.47. The van der Waals surface area contributed by atoms with Crippen LogP contribution in [-0.2, 0) is 6.54 Å². The van der Waals surface area contributed by atoms with Crippen LogP contribution in [0.1, 0.15) is 38.7 Å². The Morgan fingerprint density at radius 2 is 1.76 bits per heavy atom. The van der Waals surface area contributed by atoms with Gasteiger partial charge in [-0.3, -0.25) is 19.4 Å². The van der Waals surface area contributed by atoms with E-state index in [4.69, 9.17) is 0 Å². The molecule has 0 saturated carbocycles. The molecule has 4 heterocycles. The molecule has 0 spiro atoms. The molecule has 2 aromatic heterocycles. The van der Waals surface area contributed by atoms with E-state index in [1.165, 1.54) is 0 Å². The van der Waals surface area contributed by atoms with Crippen molar-refractivity contribution in [2.24, 2.45) is 5.92 Å². The number of anilines is 3. The van der Waals surface area contributed by atoms with Crippen molar-refractivity contribution < 1.29 is 9.59 Å². The van der Waals surface area contributed by atoms with Gasteiger partial charge in [-0.2, -0.15) is 0 Å². The molecule has 41 heavy (non-hydrogen) atoms. The molecule has 1 fully saturated rings. The summed E-state index contributed by atoms with van der Waals surface area (Å²) in [6.07, 6.45) is 5.87. The first kappa shape index (κ1) is 26.3. The van der Waals surface area contributed by atoms with Crippen molar-refractivity contribution in [2.75, 3.05) is 34.8 Å². The van der Waals surface area contributed by atoms with E-state index in [2.05, 4.69) is 21.8 Å². The maximum Gasteiger partial charge on any atom is 0.258 e. The zero-order chi connectivity index (χ0) is 28.3. The standard InChI is InChI=1S/C33H31N5O3/c1-2-17-37(27-7-4-3-5-8-27)33(41)25-11-12-30(28(19-25)35-32(40)24-13-15-34-16-14-24)36-20-23-18-26(22-36)29-9-6-10-31(39)38(29)21-23/h2-16,19,23,26H,1,17-18,20-22H2,(H,35,40). The number of hydrogen-bond acceptors (Lipinski definition) is 5. The van der Waals surface area contributed by atoms with Crippen molar-refractivity contribution in [1.82, 2.24) is 9.55 Å². The van der Waals surface area contributed by atoms with Crippen LogP contribution < -0.4 is 20.7 Å². The average molecular weight is 546 g/mol. The summed E-state index contributed by atoms with van der Waals surface area (Å²) in [6, 6.07) is 23.8. The molecule has 2 amide bonds. The Labute approximate surface area is 238 Å². The van der Waals surface area contributed by atoms with E-state index < -0.39 is 0 Å². The fourth-order valence-corrected chi connectivity index (χ4v) is 6.03. The zero-order valence-corrected chi connectivity index (χ0v) is 22.6. The van der Waals surface area contributed by atoms with Crippen LogP contribution in [0.15, 0.2) is 109 Å². The van der Waals surface area contributed by atoms with Gasteiger partial charge in [-0.05, 0) is 60.9 Å². The first-order chi connectivity index (χ1) is 20.0. The van der Waals surface area contributed by atoms with Gasteiger partial charge in [-0.1, -0.05) is 30.3 Å². The van der Waals surface area contributed by atoms with Gasteiger partial charge in [-0.15, -0.1) is 6.58 Å². The summed E-state index contributed by atoms with van der Waals surface area (Å²) in [5.74, 6) is 0.0272.